The zero-order valence-corrected chi connectivity index (χ0v) is 9.67. The Labute approximate surface area is 103 Å². The second-order valence-corrected chi connectivity index (χ2v) is 3.92. The summed E-state index contributed by atoms with van der Waals surface area (Å²) in [6, 6.07) is 4.40. The van der Waals surface area contributed by atoms with Gasteiger partial charge in [0.1, 0.15) is 5.56 Å². The molecule has 1 amide bonds. The number of amides is 1. The molecule has 0 aliphatic carbocycles. The molecule has 1 fully saturated rings. The first kappa shape index (κ1) is 12.3. The fraction of sp³-hybridized carbons (Fsp3) is 0.364. The zero-order chi connectivity index (χ0) is 13.1. The molecule has 7 heteroatoms. The molecule has 0 unspecified atom stereocenters. The van der Waals surface area contributed by atoms with Gasteiger partial charge in [-0.3, -0.25) is 14.9 Å². The Bertz CT molecular complexity index is 483. The van der Waals surface area contributed by atoms with Gasteiger partial charge in [-0.05, 0) is 12.1 Å². The van der Waals surface area contributed by atoms with E-state index in [1.54, 1.807) is 6.07 Å². The minimum absolute atomic E-state index is 0.0657. The van der Waals surface area contributed by atoms with Crippen LogP contribution >= 0.6 is 0 Å². The number of carbonyl (C=O) groups is 1. The number of anilines is 1. The second-order valence-electron chi connectivity index (χ2n) is 3.92. The molecule has 0 atom stereocenters. The monoisotopic (exact) mass is 251 g/mol. The number of morpholine rings is 1. The maximum absolute atomic E-state index is 11.2. The van der Waals surface area contributed by atoms with Crippen molar-refractivity contribution in [3.05, 3.63) is 33.9 Å². The van der Waals surface area contributed by atoms with Crippen molar-refractivity contribution in [1.82, 2.24) is 0 Å². The molecule has 1 heterocycles. The van der Waals surface area contributed by atoms with Crippen molar-refractivity contribution in [2.45, 2.75) is 0 Å². The van der Waals surface area contributed by atoms with Crippen LogP contribution in [0.2, 0.25) is 0 Å². The molecule has 1 aromatic rings. The Morgan fingerprint density at radius 3 is 2.61 bits per heavy atom. The third kappa shape index (κ3) is 2.40. The lowest BCUT2D eigenvalue weighted by Crippen LogP contribution is -2.36. The summed E-state index contributed by atoms with van der Waals surface area (Å²) in [5.41, 5.74) is 5.58. The number of rotatable bonds is 3. The van der Waals surface area contributed by atoms with Crippen LogP contribution in [-0.2, 0) is 4.74 Å². The first-order valence-corrected chi connectivity index (χ1v) is 5.50. The van der Waals surface area contributed by atoms with Gasteiger partial charge in [0.25, 0.3) is 11.6 Å². The highest BCUT2D eigenvalue weighted by atomic mass is 16.6. The number of nitro benzene ring substituents is 1. The number of nitrogens with two attached hydrogens (primary N) is 1. The molecule has 0 saturated carbocycles. The van der Waals surface area contributed by atoms with Crippen molar-refractivity contribution in [1.29, 1.82) is 0 Å². The maximum Gasteiger partial charge on any atom is 0.282 e. The number of nitro groups is 1. The predicted octanol–water partition coefficient (Wildman–Crippen LogP) is 0.530. The molecule has 0 spiro atoms. The molecule has 0 aromatic heterocycles. The molecule has 0 radical (unpaired) electrons. The number of nitrogens with zero attached hydrogens (tertiary/aromatic N) is 2. The summed E-state index contributed by atoms with van der Waals surface area (Å²) < 4.78 is 5.22. The molecule has 1 aliphatic heterocycles. The highest BCUT2D eigenvalue weighted by Gasteiger charge is 2.20. The van der Waals surface area contributed by atoms with Gasteiger partial charge in [-0.1, -0.05) is 0 Å². The number of carbonyl (C=O) groups excluding carboxylic acids is 1. The van der Waals surface area contributed by atoms with Crippen molar-refractivity contribution in [3.63, 3.8) is 0 Å². The van der Waals surface area contributed by atoms with Crippen molar-refractivity contribution < 1.29 is 14.5 Å². The molecule has 7 nitrogen and oxygen atoms in total. The molecule has 1 saturated heterocycles. The molecule has 2 rings (SSSR count). The smallest absolute Gasteiger partial charge is 0.282 e. The molecular weight excluding hydrogens is 238 g/mol. The average Bonchev–Trinajstić information content (AvgIpc) is 2.39. The molecule has 1 aliphatic rings. The Morgan fingerprint density at radius 1 is 1.39 bits per heavy atom. The summed E-state index contributed by atoms with van der Waals surface area (Å²) in [5, 5.41) is 10.8. The summed E-state index contributed by atoms with van der Waals surface area (Å²) in [7, 11) is 0. The Hall–Kier alpha value is -2.15. The van der Waals surface area contributed by atoms with Crippen molar-refractivity contribution in [2.75, 3.05) is 31.2 Å². The van der Waals surface area contributed by atoms with Crippen molar-refractivity contribution in [3.8, 4) is 0 Å². The van der Waals surface area contributed by atoms with Crippen LogP contribution in [0.1, 0.15) is 10.4 Å². The lowest BCUT2D eigenvalue weighted by Gasteiger charge is -2.28. The minimum Gasteiger partial charge on any atom is -0.378 e. The van der Waals surface area contributed by atoms with E-state index in [4.69, 9.17) is 10.5 Å². The molecule has 1 aromatic carbocycles. The normalized spacial score (nSPS) is 15.4. The minimum atomic E-state index is -0.795. The summed E-state index contributed by atoms with van der Waals surface area (Å²) >= 11 is 0. The van der Waals surface area contributed by atoms with Gasteiger partial charge < -0.3 is 15.4 Å². The topological polar surface area (TPSA) is 98.7 Å². The first-order chi connectivity index (χ1) is 8.59. The van der Waals surface area contributed by atoms with Gasteiger partial charge in [-0.15, -0.1) is 0 Å². The maximum atomic E-state index is 11.2. The molecule has 18 heavy (non-hydrogen) atoms. The van der Waals surface area contributed by atoms with E-state index in [0.29, 0.717) is 26.3 Å². The Morgan fingerprint density at radius 2 is 2.06 bits per heavy atom. The zero-order valence-electron chi connectivity index (χ0n) is 9.67. The molecule has 0 bridgehead atoms. The second kappa shape index (κ2) is 5.01. The highest BCUT2D eigenvalue weighted by Crippen LogP contribution is 2.25. The fourth-order valence-electron chi connectivity index (χ4n) is 1.90. The first-order valence-electron chi connectivity index (χ1n) is 5.50. The van der Waals surface area contributed by atoms with Gasteiger partial charge >= 0.3 is 0 Å². The fourth-order valence-corrected chi connectivity index (χ4v) is 1.90. The van der Waals surface area contributed by atoms with Crippen LogP contribution in [-0.4, -0.2) is 37.1 Å². The van der Waals surface area contributed by atoms with Gasteiger partial charge in [0.15, 0.2) is 0 Å². The molecule has 96 valence electrons. The molecular formula is C11H13N3O4. The Kier molecular flexibility index (Phi) is 3.42. The van der Waals surface area contributed by atoms with E-state index in [2.05, 4.69) is 0 Å². The predicted molar refractivity (Wildman–Crippen MR) is 64.6 cm³/mol. The number of hydrogen-bond donors (Lipinski definition) is 1. The van der Waals surface area contributed by atoms with Crippen molar-refractivity contribution >= 4 is 17.3 Å². The summed E-state index contributed by atoms with van der Waals surface area (Å²) in [5.74, 6) is -0.795. The molecule has 2 N–H and O–H groups in total. The summed E-state index contributed by atoms with van der Waals surface area (Å²) in [6.07, 6.45) is 0. The van der Waals surface area contributed by atoms with Crippen LogP contribution in [0.4, 0.5) is 11.4 Å². The standard InChI is InChI=1S/C11H13N3O4/c12-11(15)9-7-8(1-2-10(9)14(16)17)13-3-5-18-6-4-13/h1-2,7H,3-6H2,(H2,12,15). The Balaban J connectivity index is 2.36. The van der Waals surface area contributed by atoms with Crippen LogP contribution in [0.15, 0.2) is 18.2 Å². The van der Waals surface area contributed by atoms with Crippen LogP contribution in [0.3, 0.4) is 0 Å². The number of ether oxygens (including phenoxy) is 1. The van der Waals surface area contributed by atoms with Gasteiger partial charge in [0.2, 0.25) is 0 Å². The van der Waals surface area contributed by atoms with Crippen LogP contribution in [0.5, 0.6) is 0 Å². The summed E-state index contributed by atoms with van der Waals surface area (Å²) in [4.78, 5) is 23.4. The summed E-state index contributed by atoms with van der Waals surface area (Å²) in [6.45, 7) is 2.58. The van der Waals surface area contributed by atoms with Gasteiger partial charge in [0, 0.05) is 24.8 Å². The number of primary amides is 1. The quantitative estimate of drug-likeness (QED) is 0.624. The van der Waals surface area contributed by atoms with E-state index in [-0.39, 0.29) is 11.3 Å². The van der Waals surface area contributed by atoms with E-state index in [9.17, 15) is 14.9 Å². The third-order valence-corrected chi connectivity index (χ3v) is 2.82. The van der Waals surface area contributed by atoms with Gasteiger partial charge in [0.05, 0.1) is 18.1 Å². The van der Waals surface area contributed by atoms with E-state index in [1.165, 1.54) is 12.1 Å². The van der Waals surface area contributed by atoms with Crippen LogP contribution in [0, 0.1) is 10.1 Å². The lowest BCUT2D eigenvalue weighted by molar-refractivity contribution is -0.385. The SMILES string of the molecule is NC(=O)c1cc(N2CCOCC2)ccc1[N+](=O)[O-]. The highest BCUT2D eigenvalue weighted by molar-refractivity contribution is 5.98. The third-order valence-electron chi connectivity index (χ3n) is 2.82. The lowest BCUT2D eigenvalue weighted by atomic mass is 10.1. The number of hydrogen-bond acceptors (Lipinski definition) is 5. The van der Waals surface area contributed by atoms with E-state index in [0.717, 1.165) is 5.69 Å². The van der Waals surface area contributed by atoms with Crippen molar-refractivity contribution in [2.24, 2.45) is 5.73 Å². The van der Waals surface area contributed by atoms with E-state index in [1.807, 2.05) is 4.90 Å². The van der Waals surface area contributed by atoms with Gasteiger partial charge in [-0.25, -0.2) is 0 Å². The largest absolute Gasteiger partial charge is 0.378 e. The van der Waals surface area contributed by atoms with Crippen LogP contribution in [0.25, 0.3) is 0 Å². The van der Waals surface area contributed by atoms with E-state index < -0.39 is 10.8 Å². The number of benzene rings is 1. The van der Waals surface area contributed by atoms with Gasteiger partial charge in [-0.2, -0.15) is 0 Å². The van der Waals surface area contributed by atoms with Crippen LogP contribution < -0.4 is 10.6 Å². The average molecular weight is 251 g/mol. The van der Waals surface area contributed by atoms with E-state index >= 15 is 0 Å².